The quantitative estimate of drug-likeness (QED) is 0.788. The molecule has 4 nitrogen and oxygen atoms in total. The molecule has 0 unspecified atom stereocenters. The van der Waals surface area contributed by atoms with Crippen LogP contribution in [-0.4, -0.2) is 21.1 Å². The molecule has 2 N–H and O–H groups in total. The molecule has 0 fully saturated rings. The van der Waals surface area contributed by atoms with Crippen molar-refractivity contribution in [3.8, 4) is 11.3 Å². The van der Waals surface area contributed by atoms with Crippen LogP contribution in [0.1, 0.15) is 30.1 Å². The van der Waals surface area contributed by atoms with Gasteiger partial charge in [0.1, 0.15) is 5.01 Å². The number of nitrogens with two attached hydrogens (primary N) is 1. The monoisotopic (exact) mass is 300 g/mol. The van der Waals surface area contributed by atoms with Crippen LogP contribution in [0.15, 0.2) is 24.3 Å². The Balaban J connectivity index is 2.04. The summed E-state index contributed by atoms with van der Waals surface area (Å²) in [6.45, 7) is 4.96. The predicted molar refractivity (Wildman–Crippen MR) is 87.8 cm³/mol. The molecule has 110 valence electrons. The third kappa shape index (κ3) is 2.59. The fraction of sp³-hybridized carbons (Fsp3) is 0.375. The Morgan fingerprint density at radius 3 is 2.52 bits per heavy atom. The minimum atomic E-state index is 0.684. The van der Waals surface area contributed by atoms with Gasteiger partial charge in [-0.15, -0.1) is 0 Å². The summed E-state index contributed by atoms with van der Waals surface area (Å²) in [4.78, 5) is 5.78. The molecule has 0 aliphatic carbocycles. The molecule has 0 spiro atoms. The predicted octanol–water partition coefficient (Wildman–Crippen LogP) is 3.08. The van der Waals surface area contributed by atoms with Crippen molar-refractivity contribution in [2.24, 2.45) is 5.73 Å². The van der Waals surface area contributed by atoms with E-state index in [1.807, 2.05) is 4.52 Å². The Labute approximate surface area is 128 Å². The van der Waals surface area contributed by atoms with Crippen LogP contribution >= 0.6 is 11.3 Å². The van der Waals surface area contributed by atoms with Gasteiger partial charge in [-0.2, -0.15) is 5.10 Å². The van der Waals surface area contributed by atoms with Crippen molar-refractivity contribution in [3.05, 3.63) is 40.5 Å². The summed E-state index contributed by atoms with van der Waals surface area (Å²) >= 11 is 1.68. The summed E-state index contributed by atoms with van der Waals surface area (Å²) in [6, 6.07) is 8.55. The Morgan fingerprint density at radius 2 is 1.90 bits per heavy atom. The zero-order valence-corrected chi connectivity index (χ0v) is 13.3. The molecule has 0 saturated carbocycles. The number of aryl methyl sites for hydroxylation is 2. The van der Waals surface area contributed by atoms with E-state index in [9.17, 15) is 0 Å². The minimum absolute atomic E-state index is 0.684. The summed E-state index contributed by atoms with van der Waals surface area (Å²) in [6.07, 6.45) is 2.80. The van der Waals surface area contributed by atoms with Gasteiger partial charge in [0, 0.05) is 5.56 Å². The standard InChI is InChI=1S/C16H20N4S/c1-3-13-15(12-7-5-11(6-8-12)9-10-17)18-16-20(13)19-14(4-2)21-16/h5-8H,3-4,9-10,17H2,1-2H3. The lowest BCUT2D eigenvalue weighted by atomic mass is 10.1. The molecule has 2 heterocycles. The summed E-state index contributed by atoms with van der Waals surface area (Å²) < 4.78 is 2.01. The summed E-state index contributed by atoms with van der Waals surface area (Å²) in [5.41, 5.74) is 10.3. The van der Waals surface area contributed by atoms with Gasteiger partial charge in [0.25, 0.3) is 0 Å². The second kappa shape index (κ2) is 5.95. The molecular formula is C16H20N4S. The molecule has 21 heavy (non-hydrogen) atoms. The first kappa shape index (κ1) is 14.2. The summed E-state index contributed by atoms with van der Waals surface area (Å²) in [5.74, 6) is 0. The highest BCUT2D eigenvalue weighted by molar-refractivity contribution is 7.16. The second-order valence-electron chi connectivity index (χ2n) is 5.04. The van der Waals surface area contributed by atoms with E-state index in [4.69, 9.17) is 10.7 Å². The van der Waals surface area contributed by atoms with Crippen LogP contribution in [0.4, 0.5) is 0 Å². The molecule has 5 heteroatoms. The zero-order valence-electron chi connectivity index (χ0n) is 12.5. The Hall–Kier alpha value is -1.72. The molecule has 0 atom stereocenters. The first-order valence-electron chi connectivity index (χ1n) is 7.43. The van der Waals surface area contributed by atoms with Gasteiger partial charge in [0.05, 0.1) is 11.4 Å². The van der Waals surface area contributed by atoms with E-state index in [-0.39, 0.29) is 0 Å². The maximum atomic E-state index is 5.60. The van der Waals surface area contributed by atoms with Crippen LogP contribution in [0.3, 0.4) is 0 Å². The SMILES string of the molecule is CCc1nn2c(CC)c(-c3ccc(CCN)cc3)nc2s1. The number of imidazole rings is 1. The van der Waals surface area contributed by atoms with Crippen LogP contribution in [0.2, 0.25) is 0 Å². The van der Waals surface area contributed by atoms with Crippen LogP contribution in [0.5, 0.6) is 0 Å². The van der Waals surface area contributed by atoms with E-state index < -0.39 is 0 Å². The molecular weight excluding hydrogens is 280 g/mol. The maximum Gasteiger partial charge on any atom is 0.212 e. The van der Waals surface area contributed by atoms with Crippen molar-refractivity contribution in [2.75, 3.05) is 6.54 Å². The topological polar surface area (TPSA) is 56.2 Å². The number of benzene rings is 1. The highest BCUT2D eigenvalue weighted by Gasteiger charge is 2.16. The van der Waals surface area contributed by atoms with Crippen molar-refractivity contribution >= 4 is 16.3 Å². The number of aromatic nitrogens is 3. The third-order valence-corrected chi connectivity index (χ3v) is 4.69. The average molecular weight is 300 g/mol. The number of nitrogens with zero attached hydrogens (tertiary/aromatic N) is 3. The fourth-order valence-corrected chi connectivity index (χ4v) is 3.37. The largest absolute Gasteiger partial charge is 0.330 e. The van der Waals surface area contributed by atoms with Gasteiger partial charge >= 0.3 is 0 Å². The van der Waals surface area contributed by atoms with E-state index >= 15 is 0 Å². The molecule has 0 bridgehead atoms. The first-order chi connectivity index (χ1) is 10.3. The van der Waals surface area contributed by atoms with Crippen molar-refractivity contribution in [3.63, 3.8) is 0 Å². The van der Waals surface area contributed by atoms with Crippen molar-refractivity contribution < 1.29 is 0 Å². The lowest BCUT2D eigenvalue weighted by Crippen LogP contribution is -2.02. The molecule has 3 aromatic rings. The molecule has 0 aliphatic heterocycles. The van der Waals surface area contributed by atoms with Crippen molar-refractivity contribution in [2.45, 2.75) is 33.1 Å². The summed E-state index contributed by atoms with van der Waals surface area (Å²) in [7, 11) is 0. The van der Waals surface area contributed by atoms with E-state index in [0.717, 1.165) is 40.5 Å². The normalized spacial score (nSPS) is 11.4. The van der Waals surface area contributed by atoms with Crippen LogP contribution < -0.4 is 5.73 Å². The highest BCUT2D eigenvalue weighted by Crippen LogP contribution is 2.27. The van der Waals surface area contributed by atoms with Crippen molar-refractivity contribution in [1.29, 1.82) is 0 Å². The zero-order chi connectivity index (χ0) is 14.8. The van der Waals surface area contributed by atoms with Gasteiger partial charge in [-0.1, -0.05) is 49.4 Å². The Bertz CT molecular complexity index is 740. The minimum Gasteiger partial charge on any atom is -0.330 e. The van der Waals surface area contributed by atoms with Crippen LogP contribution in [-0.2, 0) is 19.3 Å². The first-order valence-corrected chi connectivity index (χ1v) is 8.25. The van der Waals surface area contributed by atoms with Gasteiger partial charge in [0.15, 0.2) is 0 Å². The smallest absolute Gasteiger partial charge is 0.212 e. The van der Waals surface area contributed by atoms with Gasteiger partial charge < -0.3 is 5.73 Å². The molecule has 1 aromatic carbocycles. The Kier molecular flexibility index (Phi) is 4.03. The lowest BCUT2D eigenvalue weighted by molar-refractivity contribution is 0.849. The number of rotatable bonds is 5. The van der Waals surface area contributed by atoms with Gasteiger partial charge in [-0.25, -0.2) is 9.50 Å². The highest BCUT2D eigenvalue weighted by atomic mass is 32.1. The second-order valence-corrected chi connectivity index (χ2v) is 6.08. The van der Waals surface area contributed by atoms with Gasteiger partial charge in [-0.3, -0.25) is 0 Å². The van der Waals surface area contributed by atoms with Crippen LogP contribution in [0.25, 0.3) is 16.2 Å². The number of fused-ring (bicyclic) bond motifs is 1. The number of hydrogen-bond acceptors (Lipinski definition) is 4. The van der Waals surface area contributed by atoms with Gasteiger partial charge in [-0.05, 0) is 31.4 Å². The van der Waals surface area contributed by atoms with Crippen LogP contribution in [0, 0.1) is 0 Å². The van der Waals surface area contributed by atoms with E-state index in [1.165, 1.54) is 11.3 Å². The molecule has 0 amide bonds. The molecule has 0 radical (unpaired) electrons. The molecule has 2 aromatic heterocycles. The third-order valence-electron chi connectivity index (χ3n) is 3.64. The van der Waals surface area contributed by atoms with E-state index in [0.29, 0.717) is 6.54 Å². The molecule has 0 saturated heterocycles. The van der Waals surface area contributed by atoms with E-state index in [1.54, 1.807) is 11.3 Å². The Morgan fingerprint density at radius 1 is 1.14 bits per heavy atom. The summed E-state index contributed by atoms with van der Waals surface area (Å²) in [5, 5.41) is 5.79. The van der Waals surface area contributed by atoms with Gasteiger partial charge in [0.2, 0.25) is 4.96 Å². The lowest BCUT2D eigenvalue weighted by Gasteiger charge is -2.03. The fourth-order valence-electron chi connectivity index (χ4n) is 2.52. The molecule has 3 rings (SSSR count). The maximum absolute atomic E-state index is 5.60. The molecule has 0 aliphatic rings. The average Bonchev–Trinajstić information content (AvgIpc) is 3.05. The van der Waals surface area contributed by atoms with Crippen molar-refractivity contribution in [1.82, 2.24) is 14.6 Å². The number of hydrogen-bond donors (Lipinski definition) is 1. The van der Waals surface area contributed by atoms with E-state index in [2.05, 4.69) is 43.2 Å².